The van der Waals surface area contributed by atoms with Crippen LogP contribution in [-0.2, 0) is 16.6 Å². The van der Waals surface area contributed by atoms with E-state index in [1.54, 1.807) is 40.1 Å². The first-order valence-electron chi connectivity index (χ1n) is 7.87. The number of nitrogens with one attached hydrogen (secondary N) is 2. The maximum Gasteiger partial charge on any atom is 0.412 e. The van der Waals surface area contributed by atoms with E-state index in [1.807, 2.05) is 0 Å². The molecule has 0 fully saturated rings. The number of pyridine rings is 1. The molecule has 2 aromatic rings. The molecule has 0 saturated carbocycles. The predicted octanol–water partition coefficient (Wildman–Crippen LogP) is 2.15. The van der Waals surface area contributed by atoms with Crippen molar-refractivity contribution in [1.82, 2.24) is 14.5 Å². The van der Waals surface area contributed by atoms with Gasteiger partial charge < -0.3 is 14.6 Å². The van der Waals surface area contributed by atoms with Crippen LogP contribution in [0.5, 0.6) is 0 Å². The van der Waals surface area contributed by atoms with Crippen molar-refractivity contribution in [3.63, 3.8) is 0 Å². The van der Waals surface area contributed by atoms with Crippen molar-refractivity contribution in [1.29, 1.82) is 0 Å². The Morgan fingerprint density at radius 2 is 1.92 bits per heavy atom. The summed E-state index contributed by atoms with van der Waals surface area (Å²) in [5, 5.41) is 5.15. The predicted molar refractivity (Wildman–Crippen MR) is 96.9 cm³/mol. The first-order valence-corrected chi connectivity index (χ1v) is 7.87. The van der Waals surface area contributed by atoms with Gasteiger partial charge in [-0.25, -0.2) is 14.6 Å². The van der Waals surface area contributed by atoms with Gasteiger partial charge in [0.15, 0.2) is 0 Å². The van der Waals surface area contributed by atoms with Gasteiger partial charge in [0, 0.05) is 38.0 Å². The van der Waals surface area contributed by atoms with Crippen LogP contribution in [0.25, 0.3) is 11.3 Å². The molecule has 0 bridgehead atoms. The zero-order valence-electron chi connectivity index (χ0n) is 15.3. The summed E-state index contributed by atoms with van der Waals surface area (Å²) in [4.78, 5) is 43.3. The molecular formula is C17H21N5O4. The molecule has 0 spiro atoms. The number of hydrogen-bond donors (Lipinski definition) is 2. The van der Waals surface area contributed by atoms with Gasteiger partial charge in [-0.15, -0.1) is 0 Å². The number of amides is 2. The second-order valence-corrected chi connectivity index (χ2v) is 6.63. The molecule has 2 N–H and O–H groups in total. The van der Waals surface area contributed by atoms with Crippen molar-refractivity contribution in [2.45, 2.75) is 33.3 Å². The Labute approximate surface area is 150 Å². The standard InChI is InChI=1S/C17H21N5O4/c1-10(23)19-14-8-13(21-16(25)26-17(2,3)4)11(9-18-14)12-6-7-22(5)15(24)20-12/h6-9H,1-5H3,(H2,18,19,21,23,25). The fourth-order valence-electron chi connectivity index (χ4n) is 2.04. The molecule has 26 heavy (non-hydrogen) atoms. The Balaban J connectivity index is 2.45. The van der Waals surface area contributed by atoms with Gasteiger partial charge in [0.05, 0.1) is 11.4 Å². The zero-order valence-corrected chi connectivity index (χ0v) is 15.3. The molecule has 0 aliphatic heterocycles. The number of rotatable bonds is 3. The third kappa shape index (κ3) is 5.13. The Morgan fingerprint density at radius 3 is 2.50 bits per heavy atom. The molecule has 0 atom stereocenters. The molecule has 0 saturated heterocycles. The van der Waals surface area contributed by atoms with Gasteiger partial charge in [0.25, 0.3) is 0 Å². The molecule has 0 aromatic carbocycles. The number of ether oxygens (including phenoxy) is 1. The maximum absolute atomic E-state index is 12.1. The number of anilines is 2. The Kier molecular flexibility index (Phi) is 5.39. The highest BCUT2D eigenvalue weighted by atomic mass is 16.6. The Bertz CT molecular complexity index is 899. The maximum atomic E-state index is 12.1. The number of carbonyl (C=O) groups excluding carboxylic acids is 2. The summed E-state index contributed by atoms with van der Waals surface area (Å²) >= 11 is 0. The molecular weight excluding hydrogens is 338 g/mol. The lowest BCUT2D eigenvalue weighted by molar-refractivity contribution is -0.114. The molecule has 0 unspecified atom stereocenters. The lowest BCUT2D eigenvalue weighted by Crippen LogP contribution is -2.27. The van der Waals surface area contributed by atoms with Crippen LogP contribution in [0.15, 0.2) is 29.3 Å². The second kappa shape index (κ2) is 7.34. The van der Waals surface area contributed by atoms with Crippen LogP contribution in [0.4, 0.5) is 16.3 Å². The third-order valence-electron chi connectivity index (χ3n) is 3.09. The van der Waals surface area contributed by atoms with E-state index in [9.17, 15) is 14.4 Å². The molecule has 2 heterocycles. The third-order valence-corrected chi connectivity index (χ3v) is 3.09. The minimum atomic E-state index is -0.682. The number of aromatic nitrogens is 3. The van der Waals surface area contributed by atoms with Crippen molar-refractivity contribution in [2.75, 3.05) is 10.6 Å². The monoisotopic (exact) mass is 359 g/mol. The quantitative estimate of drug-likeness (QED) is 0.867. The number of hydrogen-bond acceptors (Lipinski definition) is 6. The van der Waals surface area contributed by atoms with Gasteiger partial charge in [-0.2, -0.15) is 4.98 Å². The molecule has 9 nitrogen and oxygen atoms in total. The summed E-state index contributed by atoms with van der Waals surface area (Å²) in [6.45, 7) is 6.57. The Morgan fingerprint density at radius 1 is 1.23 bits per heavy atom. The molecule has 2 rings (SSSR count). The lowest BCUT2D eigenvalue weighted by atomic mass is 10.1. The molecule has 138 valence electrons. The smallest absolute Gasteiger partial charge is 0.412 e. The van der Waals surface area contributed by atoms with E-state index < -0.39 is 17.4 Å². The molecule has 0 aliphatic carbocycles. The molecule has 9 heteroatoms. The topological polar surface area (TPSA) is 115 Å². The van der Waals surface area contributed by atoms with Crippen molar-refractivity contribution in [2.24, 2.45) is 7.05 Å². The van der Waals surface area contributed by atoms with E-state index in [1.165, 1.54) is 23.8 Å². The lowest BCUT2D eigenvalue weighted by Gasteiger charge is -2.20. The van der Waals surface area contributed by atoms with Crippen LogP contribution in [0.2, 0.25) is 0 Å². The van der Waals surface area contributed by atoms with Crippen molar-refractivity contribution in [3.8, 4) is 11.3 Å². The summed E-state index contributed by atoms with van der Waals surface area (Å²) in [6, 6.07) is 3.09. The van der Waals surface area contributed by atoms with E-state index in [-0.39, 0.29) is 11.7 Å². The highest BCUT2D eigenvalue weighted by molar-refractivity contribution is 5.94. The van der Waals surface area contributed by atoms with Crippen molar-refractivity contribution >= 4 is 23.5 Å². The van der Waals surface area contributed by atoms with E-state index >= 15 is 0 Å². The van der Waals surface area contributed by atoms with Crippen molar-refractivity contribution in [3.05, 3.63) is 35.0 Å². The summed E-state index contributed by atoms with van der Waals surface area (Å²) in [6.07, 6.45) is 2.30. The van der Waals surface area contributed by atoms with Crippen LogP contribution in [0, 0.1) is 0 Å². The minimum Gasteiger partial charge on any atom is -0.444 e. The van der Waals surface area contributed by atoms with Crippen LogP contribution in [-0.4, -0.2) is 32.1 Å². The normalized spacial score (nSPS) is 11.0. The van der Waals surface area contributed by atoms with Crippen LogP contribution >= 0.6 is 0 Å². The molecule has 0 aliphatic rings. The van der Waals surface area contributed by atoms with E-state index in [0.29, 0.717) is 16.9 Å². The number of nitrogens with zero attached hydrogens (tertiary/aromatic N) is 3. The first-order chi connectivity index (χ1) is 12.0. The fraction of sp³-hybridized carbons (Fsp3) is 0.353. The Hall–Kier alpha value is -3.23. The van der Waals surface area contributed by atoms with Crippen molar-refractivity contribution < 1.29 is 14.3 Å². The van der Waals surface area contributed by atoms with Gasteiger partial charge >= 0.3 is 11.8 Å². The van der Waals surface area contributed by atoms with Gasteiger partial charge in [-0.3, -0.25) is 10.1 Å². The highest BCUT2D eigenvalue weighted by Crippen LogP contribution is 2.28. The second-order valence-electron chi connectivity index (χ2n) is 6.63. The zero-order chi connectivity index (χ0) is 19.5. The fourth-order valence-corrected chi connectivity index (χ4v) is 2.04. The average Bonchev–Trinajstić information content (AvgIpc) is 2.48. The molecule has 0 radical (unpaired) electrons. The minimum absolute atomic E-state index is 0.246. The molecule has 2 aromatic heterocycles. The first kappa shape index (κ1) is 19.1. The van der Waals surface area contributed by atoms with Gasteiger partial charge in [0.2, 0.25) is 5.91 Å². The van der Waals surface area contributed by atoms with Gasteiger partial charge in [-0.1, -0.05) is 0 Å². The van der Waals surface area contributed by atoms with Gasteiger partial charge in [0.1, 0.15) is 11.4 Å². The summed E-state index contributed by atoms with van der Waals surface area (Å²) < 4.78 is 6.58. The SMILES string of the molecule is CC(=O)Nc1cc(NC(=O)OC(C)(C)C)c(-c2ccn(C)c(=O)n2)cn1. The summed E-state index contributed by atoms with van der Waals surface area (Å²) in [7, 11) is 1.58. The number of aryl methyl sites for hydroxylation is 1. The summed E-state index contributed by atoms with van der Waals surface area (Å²) in [5.74, 6) is -0.0590. The largest absolute Gasteiger partial charge is 0.444 e. The number of carbonyl (C=O) groups is 2. The average molecular weight is 359 g/mol. The van der Waals surface area contributed by atoms with E-state index in [0.717, 1.165) is 0 Å². The highest BCUT2D eigenvalue weighted by Gasteiger charge is 2.19. The van der Waals surface area contributed by atoms with Gasteiger partial charge in [-0.05, 0) is 26.8 Å². The summed E-state index contributed by atoms with van der Waals surface area (Å²) in [5.41, 5.74) is -0.0716. The van der Waals surface area contributed by atoms with Crippen LogP contribution in [0.1, 0.15) is 27.7 Å². The van der Waals surface area contributed by atoms with E-state index in [4.69, 9.17) is 4.74 Å². The van der Waals surface area contributed by atoms with Crippen LogP contribution < -0.4 is 16.3 Å². The van der Waals surface area contributed by atoms with Crippen LogP contribution in [0.3, 0.4) is 0 Å². The molecule has 2 amide bonds. The van der Waals surface area contributed by atoms with E-state index in [2.05, 4.69) is 20.6 Å².